The van der Waals surface area contributed by atoms with Crippen LogP contribution in [0.3, 0.4) is 0 Å². The lowest BCUT2D eigenvalue weighted by Crippen LogP contribution is -2.03. The van der Waals surface area contributed by atoms with Crippen LogP contribution in [0, 0.1) is 0 Å². The van der Waals surface area contributed by atoms with Crippen molar-refractivity contribution < 1.29 is 9.53 Å². The van der Waals surface area contributed by atoms with Gasteiger partial charge in [0.05, 0.1) is 7.11 Å². The average molecular weight is 141 g/mol. The van der Waals surface area contributed by atoms with Crippen molar-refractivity contribution >= 4 is 13.7 Å². The van der Waals surface area contributed by atoms with Gasteiger partial charge in [0.2, 0.25) is 13.7 Å². The summed E-state index contributed by atoms with van der Waals surface area (Å²) in [5.41, 5.74) is 0. The molecule has 0 atom stereocenters. The van der Waals surface area contributed by atoms with E-state index in [1.807, 2.05) is 0 Å². The van der Waals surface area contributed by atoms with Crippen LogP contribution in [0.5, 0.6) is 0 Å². The normalized spacial score (nSPS) is 15.3. The third kappa shape index (κ3) is 7.49. The second-order valence-electron chi connectivity index (χ2n) is 1.98. The quantitative estimate of drug-likeness (QED) is 0.492. The molecule has 10 heavy (non-hydrogen) atoms. The zero-order valence-electron chi connectivity index (χ0n) is 6.22. The Kier molecular flexibility index (Phi) is 6.28. The molecule has 0 bridgehead atoms. The SMILES string of the molecule is C1CCNC1.[B]C(=O)OC. The highest BCUT2D eigenvalue weighted by molar-refractivity contribution is 6.55. The topological polar surface area (TPSA) is 38.3 Å². The van der Waals surface area contributed by atoms with Crippen LogP contribution in [-0.4, -0.2) is 33.9 Å². The molecule has 0 aliphatic carbocycles. The maximum Gasteiger partial charge on any atom is 0.235 e. The molecule has 0 unspecified atom stereocenters. The molecule has 4 heteroatoms. The van der Waals surface area contributed by atoms with Gasteiger partial charge in [0, 0.05) is 0 Å². The summed E-state index contributed by atoms with van der Waals surface area (Å²) in [5.74, 6) is -0.745. The molecule has 1 heterocycles. The van der Waals surface area contributed by atoms with Crippen molar-refractivity contribution in [3.8, 4) is 0 Å². The Morgan fingerprint density at radius 2 is 1.90 bits per heavy atom. The molecule has 1 rings (SSSR count). The predicted molar refractivity (Wildman–Crippen MR) is 40.3 cm³/mol. The van der Waals surface area contributed by atoms with Crippen LogP contribution < -0.4 is 5.32 Å². The number of hydrogen-bond acceptors (Lipinski definition) is 3. The van der Waals surface area contributed by atoms with E-state index in [4.69, 9.17) is 0 Å². The molecule has 0 amide bonds. The number of carbonyl (C=O) groups excluding carboxylic acids is 1. The molecule has 0 aromatic carbocycles. The van der Waals surface area contributed by atoms with Crippen molar-refractivity contribution in [1.82, 2.24) is 5.32 Å². The fourth-order valence-corrected chi connectivity index (χ4v) is 0.625. The number of hydrogen-bond donors (Lipinski definition) is 1. The Morgan fingerprint density at radius 3 is 2.00 bits per heavy atom. The molecule has 1 N–H and O–H groups in total. The summed E-state index contributed by atoms with van der Waals surface area (Å²) in [6, 6.07) is 0. The third-order valence-electron chi connectivity index (χ3n) is 1.16. The van der Waals surface area contributed by atoms with Gasteiger partial charge < -0.3 is 10.1 Å². The maximum absolute atomic E-state index is 9.37. The Morgan fingerprint density at radius 1 is 1.50 bits per heavy atom. The van der Waals surface area contributed by atoms with Gasteiger partial charge in [0.15, 0.2) is 0 Å². The van der Waals surface area contributed by atoms with Gasteiger partial charge >= 0.3 is 0 Å². The van der Waals surface area contributed by atoms with Crippen molar-refractivity contribution in [3.63, 3.8) is 0 Å². The van der Waals surface area contributed by atoms with E-state index in [1.165, 1.54) is 33.0 Å². The van der Waals surface area contributed by atoms with Gasteiger partial charge in [-0.15, -0.1) is 0 Å². The number of ether oxygens (including phenoxy) is 1. The molecule has 3 nitrogen and oxygen atoms in total. The van der Waals surface area contributed by atoms with Crippen molar-refractivity contribution in [2.75, 3.05) is 20.2 Å². The lowest BCUT2D eigenvalue weighted by Gasteiger charge is -1.81. The smallest absolute Gasteiger partial charge is 0.235 e. The molecule has 1 aliphatic heterocycles. The van der Waals surface area contributed by atoms with Crippen LogP contribution in [-0.2, 0) is 4.74 Å². The second-order valence-corrected chi connectivity index (χ2v) is 1.98. The summed E-state index contributed by atoms with van der Waals surface area (Å²) in [5, 5.41) is 3.22. The minimum absolute atomic E-state index is 0.745. The predicted octanol–water partition coefficient (Wildman–Crippen LogP) is 0.291. The monoisotopic (exact) mass is 141 g/mol. The number of methoxy groups -OCH3 is 1. The second kappa shape index (κ2) is 6.61. The van der Waals surface area contributed by atoms with Crippen LogP contribution in [0.15, 0.2) is 0 Å². The van der Waals surface area contributed by atoms with Gasteiger partial charge in [-0.25, -0.2) is 0 Å². The van der Waals surface area contributed by atoms with E-state index in [0.29, 0.717) is 0 Å². The first-order valence-corrected chi connectivity index (χ1v) is 3.31. The summed E-state index contributed by atoms with van der Waals surface area (Å²) in [7, 11) is 5.66. The van der Waals surface area contributed by atoms with E-state index in [2.05, 4.69) is 17.9 Å². The van der Waals surface area contributed by atoms with E-state index in [9.17, 15) is 4.79 Å². The first kappa shape index (κ1) is 9.49. The van der Waals surface area contributed by atoms with Crippen molar-refractivity contribution in [2.24, 2.45) is 0 Å². The van der Waals surface area contributed by atoms with Crippen molar-refractivity contribution in [2.45, 2.75) is 12.8 Å². The molecule has 1 saturated heterocycles. The molecule has 1 fully saturated rings. The Bertz CT molecular complexity index is 86.1. The zero-order valence-corrected chi connectivity index (χ0v) is 6.22. The maximum atomic E-state index is 9.37. The number of carbonyl (C=O) groups is 1. The highest BCUT2D eigenvalue weighted by Gasteiger charge is 1.93. The summed E-state index contributed by atoms with van der Waals surface area (Å²) in [6.45, 7) is 2.50. The molecule has 56 valence electrons. The summed E-state index contributed by atoms with van der Waals surface area (Å²) in [6.07, 6.45) is 2.78. The largest absolute Gasteiger partial charge is 0.478 e. The van der Waals surface area contributed by atoms with Crippen LogP contribution in [0.1, 0.15) is 12.8 Å². The lowest BCUT2D eigenvalue weighted by atomic mass is 10.2. The fraction of sp³-hybridized carbons (Fsp3) is 0.833. The summed E-state index contributed by atoms with van der Waals surface area (Å²) in [4.78, 5) is 9.37. The van der Waals surface area contributed by atoms with Gasteiger partial charge in [-0.3, -0.25) is 4.79 Å². The Labute approximate surface area is 62.5 Å². The molecular formula is C6H12BNO2. The van der Waals surface area contributed by atoms with E-state index < -0.39 is 5.87 Å². The highest BCUT2D eigenvalue weighted by Crippen LogP contribution is 1.90. The molecule has 1 aliphatic rings. The molecule has 0 aromatic rings. The van der Waals surface area contributed by atoms with Crippen LogP contribution >= 0.6 is 0 Å². The van der Waals surface area contributed by atoms with Gasteiger partial charge in [0.1, 0.15) is 0 Å². The minimum atomic E-state index is -0.745. The number of rotatable bonds is 0. The average Bonchev–Trinajstić information content (AvgIpc) is 2.43. The third-order valence-corrected chi connectivity index (χ3v) is 1.16. The molecule has 0 aromatic heterocycles. The van der Waals surface area contributed by atoms with E-state index >= 15 is 0 Å². The standard InChI is InChI=1S/C4H9N.C2H3BO2/c1-2-4-5-3-1;1-5-2(3)4/h5H,1-4H2;1H3. The Balaban J connectivity index is 0.000000162. The van der Waals surface area contributed by atoms with Gasteiger partial charge in [-0.05, 0) is 25.9 Å². The summed E-state index contributed by atoms with van der Waals surface area (Å²) < 4.78 is 3.89. The van der Waals surface area contributed by atoms with Crippen molar-refractivity contribution in [3.05, 3.63) is 0 Å². The molecule has 2 radical (unpaired) electrons. The summed E-state index contributed by atoms with van der Waals surface area (Å²) >= 11 is 0. The number of nitrogens with one attached hydrogen (secondary N) is 1. The molecule has 0 saturated carbocycles. The molecule has 0 spiro atoms. The first-order valence-electron chi connectivity index (χ1n) is 3.31. The first-order chi connectivity index (χ1) is 4.77. The minimum Gasteiger partial charge on any atom is -0.478 e. The van der Waals surface area contributed by atoms with Crippen molar-refractivity contribution in [1.29, 1.82) is 0 Å². The van der Waals surface area contributed by atoms with E-state index in [0.717, 1.165) is 0 Å². The molecular weight excluding hydrogens is 129 g/mol. The van der Waals surface area contributed by atoms with Crippen LogP contribution in [0.4, 0.5) is 4.79 Å². The lowest BCUT2D eigenvalue weighted by molar-refractivity contribution is 0.198. The van der Waals surface area contributed by atoms with Gasteiger partial charge in [-0.2, -0.15) is 0 Å². The van der Waals surface area contributed by atoms with Crippen LogP contribution in [0.25, 0.3) is 0 Å². The fourth-order valence-electron chi connectivity index (χ4n) is 0.625. The zero-order chi connectivity index (χ0) is 7.82. The van der Waals surface area contributed by atoms with Gasteiger partial charge in [0.25, 0.3) is 0 Å². The van der Waals surface area contributed by atoms with Crippen LogP contribution in [0.2, 0.25) is 0 Å². The highest BCUT2D eigenvalue weighted by atomic mass is 16.5. The van der Waals surface area contributed by atoms with E-state index in [-0.39, 0.29) is 0 Å². The Hall–Kier alpha value is -0.505. The van der Waals surface area contributed by atoms with Gasteiger partial charge in [-0.1, -0.05) is 0 Å². The van der Waals surface area contributed by atoms with E-state index in [1.54, 1.807) is 0 Å².